The highest BCUT2D eigenvalue weighted by Gasteiger charge is 2.26. The maximum atomic E-state index is 14.2. The summed E-state index contributed by atoms with van der Waals surface area (Å²) in [5, 5.41) is 9.08. The molecule has 0 aromatic heterocycles. The van der Waals surface area contributed by atoms with E-state index in [1.807, 2.05) is 0 Å². The fourth-order valence-corrected chi connectivity index (χ4v) is 24.0. The van der Waals surface area contributed by atoms with E-state index in [1.54, 1.807) is 64.8 Å². The van der Waals surface area contributed by atoms with Crippen LogP contribution in [0.3, 0.4) is 0 Å². The fourth-order valence-electron chi connectivity index (χ4n) is 18.2. The van der Waals surface area contributed by atoms with Gasteiger partial charge < -0.3 is 59.1 Å². The maximum Gasteiger partial charge on any atom is 0.307 e. The van der Waals surface area contributed by atoms with Crippen LogP contribution < -0.4 is 16.0 Å². The number of carbonyl (C=O) groups excluding carboxylic acids is 9. The van der Waals surface area contributed by atoms with Crippen LogP contribution in [0.5, 0.6) is 0 Å². The standard InChI is InChI=1S/C120H230N6O15S6/c1-7-13-19-25-31-37-43-49-55-61-67-73-97-136-114(129)79-88-124(89-80-115(130)137-98-74-68-62-56-50-44-38-32-26-20-14-8-2)94-106-145-142-103-85-121-112(127)109-111(120(135)123-87-105-144-147-108-96-126(92-83-118(133)140-101-77-71-65-59-53-47-41-35-29-23-17-11-5)93-84-119(134)141-102-78-72-66-60-54-48-42-36-30-24-18-12-6)110-113(128)122-86-104-143-146-107-95-125(90-81-116(131)138-99-75-69-63-57-51-45-39-33-27-21-15-9-3)91-82-117(132)139-100-76-70-64-58-52-46-40-34-28-22-16-10-4/h111H,7-110H2,1-6H3,(H,121,127)(H,122,128)(H,123,135). The van der Waals surface area contributed by atoms with E-state index in [1.165, 1.54) is 347 Å². The predicted molar refractivity (Wildman–Crippen MR) is 636 cm³/mol. The van der Waals surface area contributed by atoms with Gasteiger partial charge in [0.2, 0.25) is 17.7 Å². The highest BCUT2D eigenvalue weighted by molar-refractivity contribution is 8.77. The first-order valence-electron chi connectivity index (χ1n) is 61.9. The van der Waals surface area contributed by atoms with Crippen molar-refractivity contribution < 1.29 is 71.6 Å². The molecule has 147 heavy (non-hydrogen) atoms. The number of carbonyl (C=O) groups is 9. The molecule has 0 aliphatic heterocycles. The molecule has 0 aliphatic carbocycles. The van der Waals surface area contributed by atoms with Gasteiger partial charge in [-0.1, -0.05) is 530 Å². The van der Waals surface area contributed by atoms with Crippen LogP contribution in [-0.4, -0.2) is 221 Å². The Balaban J connectivity index is 6.17. The van der Waals surface area contributed by atoms with Crippen LogP contribution >= 0.6 is 64.8 Å². The molecule has 0 rings (SSSR count). The smallest absolute Gasteiger partial charge is 0.307 e. The van der Waals surface area contributed by atoms with Crippen LogP contribution in [0.25, 0.3) is 0 Å². The molecule has 0 radical (unpaired) electrons. The molecule has 21 nitrogen and oxygen atoms in total. The van der Waals surface area contributed by atoms with Crippen LogP contribution in [-0.2, 0) is 71.6 Å². The number of rotatable bonds is 122. The van der Waals surface area contributed by atoms with E-state index < -0.39 is 5.92 Å². The first-order valence-corrected chi connectivity index (χ1v) is 69.3. The molecule has 27 heteroatoms. The van der Waals surface area contributed by atoms with Gasteiger partial charge in [0.25, 0.3) is 0 Å². The number of hydrogen-bond acceptors (Lipinski definition) is 24. The van der Waals surface area contributed by atoms with E-state index in [4.69, 9.17) is 28.4 Å². The van der Waals surface area contributed by atoms with Gasteiger partial charge in [-0.3, -0.25) is 43.2 Å². The first-order chi connectivity index (χ1) is 72.2. The van der Waals surface area contributed by atoms with Crippen LogP contribution in [0.2, 0.25) is 0 Å². The second kappa shape index (κ2) is 120. The number of nitrogens with one attached hydrogen (secondary N) is 3. The summed E-state index contributed by atoms with van der Waals surface area (Å²) in [5.41, 5.74) is 0. The lowest BCUT2D eigenvalue weighted by Crippen LogP contribution is -2.39. The summed E-state index contributed by atoms with van der Waals surface area (Å²) in [6.45, 7) is 21.8. The Morgan fingerprint density at radius 3 is 0.490 bits per heavy atom. The monoisotopic (exact) mass is 2190 g/mol. The number of nitrogens with zero attached hydrogens (tertiary/aromatic N) is 3. The molecule has 3 N–H and O–H groups in total. The SMILES string of the molecule is CCCCCCCCCCCCCCOC(=O)CCN(CCSSCCNC(=O)CC(CC(=O)NCCSSCCN(CCC(=O)OCCCCCCCCCCCCCC)CCC(=O)OCCCCCCCCCCCCCC)C(=O)NCCSSCCN(CCC(=O)OCCCCCCCCCCCCCC)CCC(=O)OCCCCCCCCCCCCCC)CCC(=O)OCCCCCCCCCCCCCC. The molecule has 0 unspecified atom stereocenters. The lowest BCUT2D eigenvalue weighted by Gasteiger charge is -2.21. The third-order valence-corrected chi connectivity index (χ3v) is 35.0. The predicted octanol–water partition coefficient (Wildman–Crippen LogP) is 32.6. The van der Waals surface area contributed by atoms with Crippen LogP contribution in [0.1, 0.15) is 555 Å². The Morgan fingerprint density at radius 1 is 0.184 bits per heavy atom. The zero-order valence-corrected chi connectivity index (χ0v) is 101. The van der Waals surface area contributed by atoms with Gasteiger partial charge >= 0.3 is 35.8 Å². The van der Waals surface area contributed by atoms with E-state index in [9.17, 15) is 43.2 Å². The van der Waals surface area contributed by atoms with Crippen molar-refractivity contribution in [2.45, 2.75) is 555 Å². The van der Waals surface area contributed by atoms with Crippen LogP contribution in [0, 0.1) is 5.92 Å². The van der Waals surface area contributed by atoms with E-state index in [0.29, 0.717) is 141 Å². The van der Waals surface area contributed by atoms with Crippen molar-refractivity contribution in [3.05, 3.63) is 0 Å². The number of unbranched alkanes of at least 4 members (excludes halogenated alkanes) is 66. The summed E-state index contributed by atoms with van der Waals surface area (Å²) in [4.78, 5) is 127. The van der Waals surface area contributed by atoms with E-state index in [2.05, 4.69) is 72.2 Å². The number of amides is 3. The summed E-state index contributed by atoms with van der Waals surface area (Å²) >= 11 is 0. The quantitative estimate of drug-likeness (QED) is 0.0221. The third kappa shape index (κ3) is 113. The highest BCUT2D eigenvalue weighted by atomic mass is 33.1. The molecular formula is C120H230N6O15S6. The summed E-state index contributed by atoms with van der Waals surface area (Å²) in [5.74, 6) is 0.588. The molecule has 3 amide bonds. The molecule has 0 atom stereocenters. The molecule has 0 aromatic carbocycles. The summed E-state index contributed by atoms with van der Waals surface area (Å²) in [7, 11) is 9.82. The summed E-state index contributed by atoms with van der Waals surface area (Å²) < 4.78 is 34.3. The molecule has 0 aromatic rings. The third-order valence-electron chi connectivity index (χ3n) is 27.8. The number of ether oxygens (including phenoxy) is 6. The van der Waals surface area contributed by atoms with Gasteiger partial charge in [0.1, 0.15) is 0 Å². The Hall–Kier alpha value is -2.79. The van der Waals surface area contributed by atoms with Crippen molar-refractivity contribution in [2.24, 2.45) is 5.92 Å². The highest BCUT2D eigenvalue weighted by Crippen LogP contribution is 2.27. The molecule has 0 spiro atoms. The number of esters is 6. The van der Waals surface area contributed by atoms with Crippen molar-refractivity contribution in [1.29, 1.82) is 0 Å². The molecule has 0 saturated carbocycles. The lowest BCUT2D eigenvalue weighted by molar-refractivity contribution is -0.146. The number of hydrogen-bond donors (Lipinski definition) is 3. The van der Waals surface area contributed by atoms with E-state index in [0.717, 1.165) is 127 Å². The zero-order valence-electron chi connectivity index (χ0n) is 96.0. The van der Waals surface area contributed by atoms with Gasteiger partial charge in [-0.2, -0.15) is 0 Å². The fraction of sp³-hybridized carbons (Fsp3) is 0.925. The van der Waals surface area contributed by atoms with Gasteiger partial charge in [-0.05, 0) is 38.5 Å². The Bertz CT molecular complexity index is 2630. The maximum absolute atomic E-state index is 14.2. The van der Waals surface area contributed by atoms with Gasteiger partial charge in [-0.25, -0.2) is 0 Å². The minimum atomic E-state index is -0.929. The minimum absolute atomic E-state index is 0.178. The van der Waals surface area contributed by atoms with Crippen molar-refractivity contribution in [2.75, 3.05) is 153 Å². The minimum Gasteiger partial charge on any atom is -0.466 e. The van der Waals surface area contributed by atoms with Crippen molar-refractivity contribution in [3.63, 3.8) is 0 Å². The zero-order chi connectivity index (χ0) is 107. The Labute approximate surface area is 927 Å². The summed E-state index contributed by atoms with van der Waals surface area (Å²) in [6, 6.07) is 0. The second-order valence-electron chi connectivity index (χ2n) is 41.7. The second-order valence-corrected chi connectivity index (χ2v) is 49.8. The van der Waals surface area contributed by atoms with Gasteiger partial charge in [-0.15, -0.1) is 0 Å². The molecule has 0 bridgehead atoms. The summed E-state index contributed by atoms with van der Waals surface area (Å²) in [6.07, 6.45) is 90.2. The Kier molecular flexibility index (Phi) is 118. The van der Waals surface area contributed by atoms with E-state index in [-0.39, 0.29) is 105 Å². The molecule has 0 aliphatic rings. The first kappa shape index (κ1) is 144. The average Bonchev–Trinajstić information content (AvgIpc) is 0.901. The van der Waals surface area contributed by atoms with E-state index >= 15 is 0 Å². The largest absolute Gasteiger partial charge is 0.466 e. The molecule has 0 heterocycles. The van der Waals surface area contributed by atoms with Gasteiger partial charge in [0.05, 0.1) is 84.1 Å². The van der Waals surface area contributed by atoms with Crippen molar-refractivity contribution in [1.82, 2.24) is 30.7 Å². The van der Waals surface area contributed by atoms with Gasteiger partial charge in [0.15, 0.2) is 0 Å². The molecule has 0 fully saturated rings. The van der Waals surface area contributed by atoms with Crippen LogP contribution in [0.15, 0.2) is 0 Å². The normalized spacial score (nSPS) is 11.6. The van der Waals surface area contributed by atoms with Crippen LogP contribution in [0.4, 0.5) is 0 Å². The van der Waals surface area contributed by atoms with Crippen molar-refractivity contribution in [3.8, 4) is 0 Å². The molecular weight excluding hydrogens is 1960 g/mol. The molecule has 866 valence electrons. The van der Waals surface area contributed by atoms with Crippen molar-refractivity contribution >= 4 is 118 Å². The van der Waals surface area contributed by atoms with Gasteiger partial charge in [0, 0.05) is 126 Å². The average molecular weight is 2190 g/mol. The lowest BCUT2D eigenvalue weighted by atomic mass is 9.99. The Morgan fingerprint density at radius 2 is 0.327 bits per heavy atom. The topological polar surface area (TPSA) is 255 Å². The molecule has 0 saturated heterocycles.